The van der Waals surface area contributed by atoms with E-state index in [1.165, 1.54) is 11.1 Å². The zero-order valence-electron chi connectivity index (χ0n) is 12.1. The smallest absolute Gasteiger partial charge is 0.147 e. The van der Waals surface area contributed by atoms with Gasteiger partial charge in [0.15, 0.2) is 0 Å². The summed E-state index contributed by atoms with van der Waals surface area (Å²) in [6, 6.07) is 6.03. The third-order valence-corrected chi connectivity index (χ3v) is 4.68. The van der Waals surface area contributed by atoms with E-state index in [0.29, 0.717) is 12.5 Å². The Morgan fingerprint density at radius 1 is 1.33 bits per heavy atom. The molecule has 2 aromatic heterocycles. The Kier molecular flexibility index (Phi) is 4.17. The molecule has 3 nitrogen and oxygen atoms in total. The maximum Gasteiger partial charge on any atom is 0.147 e. The summed E-state index contributed by atoms with van der Waals surface area (Å²) in [7, 11) is 0. The average molecular weight is 321 g/mol. The number of hydrogen-bond donors (Lipinski definition) is 0. The number of nitrogens with zero attached hydrogens (tertiary/aromatic N) is 2. The number of imidazole rings is 1. The van der Waals surface area contributed by atoms with E-state index in [2.05, 4.69) is 33.3 Å². The summed E-state index contributed by atoms with van der Waals surface area (Å²) in [5, 5.41) is 4.35. The van der Waals surface area contributed by atoms with Crippen molar-refractivity contribution in [1.82, 2.24) is 9.55 Å². The Balaban J connectivity index is 2.12. The van der Waals surface area contributed by atoms with Crippen LogP contribution in [0.2, 0.25) is 0 Å². The summed E-state index contributed by atoms with van der Waals surface area (Å²) in [5.41, 5.74) is 4.58. The lowest BCUT2D eigenvalue weighted by molar-refractivity contribution is 0.343. The second-order valence-corrected chi connectivity index (χ2v) is 5.90. The Labute approximate surface area is 133 Å². The molecule has 110 valence electrons. The minimum absolute atomic E-state index is 0.392. The molecule has 3 rings (SSSR count). The van der Waals surface area contributed by atoms with Crippen LogP contribution in [0.4, 0.5) is 0 Å². The topological polar surface area (TPSA) is 27.1 Å². The molecule has 3 aromatic rings. The lowest BCUT2D eigenvalue weighted by Crippen LogP contribution is -2.04. The van der Waals surface area contributed by atoms with Gasteiger partial charge < -0.3 is 9.30 Å². The summed E-state index contributed by atoms with van der Waals surface area (Å²) in [5.74, 6) is 2.09. The highest BCUT2D eigenvalue weighted by atomic mass is 35.5. The van der Waals surface area contributed by atoms with Crippen molar-refractivity contribution in [2.45, 2.75) is 26.3 Å². The van der Waals surface area contributed by atoms with Gasteiger partial charge in [-0.1, -0.05) is 6.07 Å². The molecular formula is C16H17ClN2OS. The number of alkyl halides is 1. The number of halogens is 1. The van der Waals surface area contributed by atoms with Crippen LogP contribution in [0.15, 0.2) is 29.0 Å². The molecule has 2 heterocycles. The molecule has 0 amide bonds. The predicted molar refractivity (Wildman–Crippen MR) is 88.6 cm³/mol. The monoisotopic (exact) mass is 320 g/mol. The zero-order valence-corrected chi connectivity index (χ0v) is 13.7. The molecule has 0 N–H and O–H groups in total. The lowest BCUT2D eigenvalue weighted by atomic mass is 10.2. The van der Waals surface area contributed by atoms with E-state index in [4.69, 9.17) is 16.3 Å². The molecule has 0 atom stereocenters. The summed E-state index contributed by atoms with van der Waals surface area (Å²) in [6.45, 7) is 5.54. The van der Waals surface area contributed by atoms with Gasteiger partial charge in [-0.15, -0.1) is 11.6 Å². The maximum absolute atomic E-state index is 6.09. The number of aromatic nitrogens is 2. The quantitative estimate of drug-likeness (QED) is 0.643. The van der Waals surface area contributed by atoms with E-state index >= 15 is 0 Å². The number of benzene rings is 1. The summed E-state index contributed by atoms with van der Waals surface area (Å²) in [4.78, 5) is 4.67. The van der Waals surface area contributed by atoms with Gasteiger partial charge in [-0.25, -0.2) is 4.98 Å². The van der Waals surface area contributed by atoms with Crippen molar-refractivity contribution in [3.8, 4) is 5.75 Å². The van der Waals surface area contributed by atoms with E-state index in [1.54, 1.807) is 11.3 Å². The second-order valence-electron chi connectivity index (χ2n) is 4.88. The molecule has 0 aliphatic rings. The molecule has 0 aliphatic heterocycles. The molecule has 0 radical (unpaired) electrons. The fraction of sp³-hybridized carbons (Fsp3) is 0.312. The molecule has 0 unspecified atom stereocenters. The number of aryl methyl sites for hydroxylation is 1. The van der Waals surface area contributed by atoms with Crippen LogP contribution >= 0.6 is 22.9 Å². The first-order valence-corrected chi connectivity index (χ1v) is 8.41. The van der Waals surface area contributed by atoms with Crippen LogP contribution < -0.4 is 4.74 Å². The Morgan fingerprint density at radius 2 is 2.19 bits per heavy atom. The third kappa shape index (κ3) is 2.65. The van der Waals surface area contributed by atoms with Gasteiger partial charge in [0.25, 0.3) is 0 Å². The van der Waals surface area contributed by atoms with Gasteiger partial charge >= 0.3 is 0 Å². The molecule has 0 aliphatic carbocycles. The molecule has 5 heteroatoms. The third-order valence-electron chi connectivity index (χ3n) is 3.53. The molecule has 0 bridgehead atoms. The number of rotatable bonds is 5. The van der Waals surface area contributed by atoms with E-state index in [1.807, 2.05) is 19.1 Å². The van der Waals surface area contributed by atoms with Gasteiger partial charge in [-0.05, 0) is 47.9 Å². The standard InChI is InChI=1S/C16H17ClN2OS/c1-3-20-14-6-4-5-13-16(14)18-15(7-17)19(13)8-12-10-21-9-11(12)2/h4-6,9-10H,3,7-8H2,1-2H3. The van der Waals surface area contributed by atoms with Gasteiger partial charge in [0, 0.05) is 0 Å². The van der Waals surface area contributed by atoms with Gasteiger partial charge in [-0.3, -0.25) is 0 Å². The number of hydrogen-bond acceptors (Lipinski definition) is 3. The number of fused-ring (bicyclic) bond motifs is 1. The van der Waals surface area contributed by atoms with Crippen molar-refractivity contribution < 1.29 is 4.74 Å². The van der Waals surface area contributed by atoms with E-state index < -0.39 is 0 Å². The highest BCUT2D eigenvalue weighted by molar-refractivity contribution is 7.08. The van der Waals surface area contributed by atoms with E-state index in [0.717, 1.165) is 29.2 Å². The van der Waals surface area contributed by atoms with Gasteiger partial charge in [-0.2, -0.15) is 11.3 Å². The maximum atomic E-state index is 6.09. The highest BCUT2D eigenvalue weighted by Crippen LogP contribution is 2.28. The molecule has 0 spiro atoms. The van der Waals surface area contributed by atoms with E-state index in [9.17, 15) is 0 Å². The summed E-state index contributed by atoms with van der Waals surface area (Å²) < 4.78 is 7.85. The predicted octanol–water partition coefficient (Wildman–Crippen LogP) is 4.59. The Hall–Kier alpha value is -1.52. The minimum Gasteiger partial charge on any atom is -0.492 e. The molecule has 0 saturated heterocycles. The molecule has 0 saturated carbocycles. The minimum atomic E-state index is 0.392. The fourth-order valence-corrected chi connectivity index (χ4v) is 3.49. The number of para-hydroxylation sites is 1. The van der Waals surface area contributed by atoms with Crippen molar-refractivity contribution in [1.29, 1.82) is 0 Å². The molecule has 1 aromatic carbocycles. The normalized spacial score (nSPS) is 11.2. The average Bonchev–Trinajstić information content (AvgIpc) is 3.05. The summed E-state index contributed by atoms with van der Waals surface area (Å²) in [6.07, 6.45) is 0. The first kappa shape index (κ1) is 14.4. The van der Waals surface area contributed by atoms with Crippen LogP contribution in [-0.2, 0) is 12.4 Å². The second kappa shape index (κ2) is 6.08. The number of thiophene rings is 1. The first-order valence-electron chi connectivity index (χ1n) is 6.93. The van der Waals surface area contributed by atoms with E-state index in [-0.39, 0.29) is 0 Å². The Morgan fingerprint density at radius 3 is 2.86 bits per heavy atom. The van der Waals surface area contributed by atoms with Gasteiger partial charge in [0.05, 0.1) is 24.5 Å². The molecule has 0 fully saturated rings. The largest absolute Gasteiger partial charge is 0.492 e. The first-order chi connectivity index (χ1) is 10.2. The Bertz CT molecular complexity index is 763. The van der Waals surface area contributed by atoms with Crippen LogP contribution in [0.5, 0.6) is 5.75 Å². The SMILES string of the molecule is CCOc1cccc2c1nc(CCl)n2Cc1cscc1C. The van der Waals surface area contributed by atoms with Crippen molar-refractivity contribution >= 4 is 34.0 Å². The van der Waals surface area contributed by atoms with Crippen LogP contribution in [0.3, 0.4) is 0 Å². The van der Waals surface area contributed by atoms with Gasteiger partial charge in [0.1, 0.15) is 17.1 Å². The molecule has 21 heavy (non-hydrogen) atoms. The van der Waals surface area contributed by atoms with Crippen molar-refractivity contribution in [3.05, 3.63) is 45.9 Å². The highest BCUT2D eigenvalue weighted by Gasteiger charge is 2.14. The van der Waals surface area contributed by atoms with Crippen LogP contribution in [0.25, 0.3) is 11.0 Å². The van der Waals surface area contributed by atoms with Crippen LogP contribution in [0, 0.1) is 6.92 Å². The van der Waals surface area contributed by atoms with Crippen LogP contribution in [0.1, 0.15) is 23.9 Å². The lowest BCUT2D eigenvalue weighted by Gasteiger charge is -2.08. The van der Waals surface area contributed by atoms with Crippen molar-refractivity contribution in [2.24, 2.45) is 0 Å². The fourth-order valence-electron chi connectivity index (χ4n) is 2.44. The number of ether oxygens (including phenoxy) is 1. The summed E-state index contributed by atoms with van der Waals surface area (Å²) >= 11 is 7.82. The van der Waals surface area contributed by atoms with Crippen molar-refractivity contribution in [2.75, 3.05) is 6.61 Å². The zero-order chi connectivity index (χ0) is 14.8. The van der Waals surface area contributed by atoms with Crippen molar-refractivity contribution in [3.63, 3.8) is 0 Å². The van der Waals surface area contributed by atoms with Gasteiger partial charge in [0.2, 0.25) is 0 Å². The molecular weight excluding hydrogens is 304 g/mol. The van der Waals surface area contributed by atoms with Crippen LogP contribution in [-0.4, -0.2) is 16.2 Å².